The number of anilines is 1. The van der Waals surface area contributed by atoms with Crippen LogP contribution in [0.5, 0.6) is 0 Å². The van der Waals surface area contributed by atoms with Crippen LogP contribution in [-0.4, -0.2) is 19.3 Å². The van der Waals surface area contributed by atoms with E-state index < -0.39 is 5.69 Å². The van der Waals surface area contributed by atoms with Crippen LogP contribution < -0.4 is 17.0 Å². The van der Waals surface area contributed by atoms with Crippen molar-refractivity contribution in [2.45, 2.75) is 20.0 Å². The lowest BCUT2D eigenvalue weighted by Gasteiger charge is -2.05. The predicted octanol–water partition coefficient (Wildman–Crippen LogP) is -0.676. The van der Waals surface area contributed by atoms with Crippen molar-refractivity contribution in [1.29, 1.82) is 0 Å². The van der Waals surface area contributed by atoms with Crippen molar-refractivity contribution in [2.24, 2.45) is 0 Å². The van der Waals surface area contributed by atoms with E-state index in [2.05, 4.69) is 10.1 Å². The Bertz CT molecular complexity index is 637. The van der Waals surface area contributed by atoms with Crippen molar-refractivity contribution < 1.29 is 0 Å². The van der Waals surface area contributed by atoms with Gasteiger partial charge in [-0.15, -0.1) is 0 Å². The second kappa shape index (κ2) is 4.28. The molecule has 0 unspecified atom stereocenters. The molecule has 0 aromatic carbocycles. The molecule has 3 N–H and O–H groups in total. The zero-order valence-electron chi connectivity index (χ0n) is 9.38. The third-order valence-corrected chi connectivity index (χ3v) is 2.41. The maximum Gasteiger partial charge on any atom is 0.328 e. The van der Waals surface area contributed by atoms with E-state index in [0.29, 0.717) is 24.3 Å². The first-order valence-corrected chi connectivity index (χ1v) is 5.14. The smallest absolute Gasteiger partial charge is 0.328 e. The van der Waals surface area contributed by atoms with E-state index in [0.717, 1.165) is 0 Å². The summed E-state index contributed by atoms with van der Waals surface area (Å²) in [5, 5.41) is 4.00. The fourth-order valence-corrected chi connectivity index (χ4v) is 1.50. The first-order chi connectivity index (χ1) is 8.06. The number of aryl methyl sites for hydroxylation is 3. The Morgan fingerprint density at radius 1 is 1.35 bits per heavy atom. The first-order valence-electron chi connectivity index (χ1n) is 5.14. The molecule has 17 heavy (non-hydrogen) atoms. The SMILES string of the molecule is Cc1cn(CCn2cc(N)cn2)c(=O)[nH]c1=O. The Labute approximate surface area is 96.5 Å². The monoisotopic (exact) mass is 235 g/mol. The summed E-state index contributed by atoms with van der Waals surface area (Å²) in [7, 11) is 0. The summed E-state index contributed by atoms with van der Waals surface area (Å²) in [4.78, 5) is 24.9. The van der Waals surface area contributed by atoms with E-state index >= 15 is 0 Å². The number of nitrogens with zero attached hydrogens (tertiary/aromatic N) is 3. The van der Waals surface area contributed by atoms with E-state index in [1.165, 1.54) is 10.8 Å². The maximum absolute atomic E-state index is 11.5. The van der Waals surface area contributed by atoms with Crippen LogP contribution in [0.3, 0.4) is 0 Å². The second-order valence-corrected chi connectivity index (χ2v) is 3.80. The summed E-state index contributed by atoms with van der Waals surface area (Å²) in [5.74, 6) is 0. The molecule has 0 aliphatic rings. The van der Waals surface area contributed by atoms with Gasteiger partial charge in [-0.25, -0.2) is 4.79 Å². The Hall–Kier alpha value is -2.31. The molecule has 0 saturated carbocycles. The topological polar surface area (TPSA) is 98.7 Å². The van der Waals surface area contributed by atoms with Crippen LogP contribution in [-0.2, 0) is 13.1 Å². The minimum Gasteiger partial charge on any atom is -0.396 e. The lowest BCUT2D eigenvalue weighted by Crippen LogP contribution is -2.31. The van der Waals surface area contributed by atoms with Crippen LogP contribution in [0.4, 0.5) is 5.69 Å². The highest BCUT2D eigenvalue weighted by Gasteiger charge is 2.01. The van der Waals surface area contributed by atoms with Gasteiger partial charge in [0.05, 0.1) is 18.4 Å². The number of hydrogen-bond acceptors (Lipinski definition) is 4. The van der Waals surface area contributed by atoms with Crippen LogP contribution >= 0.6 is 0 Å². The number of nitrogens with one attached hydrogen (secondary N) is 1. The largest absolute Gasteiger partial charge is 0.396 e. The van der Waals surface area contributed by atoms with Crippen molar-refractivity contribution in [3.8, 4) is 0 Å². The molecule has 0 amide bonds. The quantitative estimate of drug-likeness (QED) is 0.736. The fourth-order valence-electron chi connectivity index (χ4n) is 1.50. The van der Waals surface area contributed by atoms with Gasteiger partial charge in [-0.3, -0.25) is 19.0 Å². The summed E-state index contributed by atoms with van der Waals surface area (Å²) >= 11 is 0. The van der Waals surface area contributed by atoms with E-state index in [-0.39, 0.29) is 5.56 Å². The highest BCUT2D eigenvalue weighted by Crippen LogP contribution is 1.97. The third kappa shape index (κ3) is 2.44. The standard InChI is InChI=1S/C10H13N5O2/c1-7-5-14(10(17)13-9(7)16)2-3-15-6-8(11)4-12-15/h4-6H,2-3,11H2,1H3,(H,13,16,17). The highest BCUT2D eigenvalue weighted by molar-refractivity contribution is 5.30. The molecule has 7 heteroatoms. The molecule has 0 saturated heterocycles. The molecule has 7 nitrogen and oxygen atoms in total. The number of rotatable bonds is 3. The second-order valence-electron chi connectivity index (χ2n) is 3.80. The Kier molecular flexibility index (Phi) is 2.82. The number of aromatic nitrogens is 4. The molecule has 0 aliphatic heterocycles. The lowest BCUT2D eigenvalue weighted by atomic mass is 10.4. The maximum atomic E-state index is 11.5. The number of nitrogens with two attached hydrogens (primary N) is 1. The van der Waals surface area contributed by atoms with Gasteiger partial charge in [-0.2, -0.15) is 5.10 Å². The van der Waals surface area contributed by atoms with Crippen molar-refractivity contribution in [2.75, 3.05) is 5.73 Å². The normalized spacial score (nSPS) is 10.6. The molecule has 0 atom stereocenters. The van der Waals surface area contributed by atoms with Crippen molar-refractivity contribution in [3.05, 3.63) is 45.0 Å². The summed E-state index contributed by atoms with van der Waals surface area (Å²) in [6.45, 7) is 2.60. The van der Waals surface area contributed by atoms with Gasteiger partial charge in [0.15, 0.2) is 0 Å². The summed E-state index contributed by atoms with van der Waals surface area (Å²) in [5.41, 5.74) is 5.84. The van der Waals surface area contributed by atoms with Gasteiger partial charge >= 0.3 is 5.69 Å². The zero-order chi connectivity index (χ0) is 12.4. The van der Waals surface area contributed by atoms with Gasteiger partial charge in [0, 0.05) is 24.5 Å². The van der Waals surface area contributed by atoms with Crippen LogP contribution in [0.2, 0.25) is 0 Å². The predicted molar refractivity (Wildman–Crippen MR) is 62.7 cm³/mol. The molecule has 0 aliphatic carbocycles. The molecule has 0 bridgehead atoms. The number of aromatic amines is 1. The van der Waals surface area contributed by atoms with Crippen LogP contribution in [0, 0.1) is 6.92 Å². The van der Waals surface area contributed by atoms with E-state index in [1.807, 2.05) is 0 Å². The Balaban J connectivity index is 2.17. The van der Waals surface area contributed by atoms with Gasteiger partial charge in [0.1, 0.15) is 0 Å². The average molecular weight is 235 g/mol. The molecule has 0 spiro atoms. The Morgan fingerprint density at radius 3 is 2.76 bits per heavy atom. The lowest BCUT2D eigenvalue weighted by molar-refractivity contribution is 0.515. The van der Waals surface area contributed by atoms with Crippen molar-refractivity contribution >= 4 is 5.69 Å². The first kappa shape index (κ1) is 11.2. The van der Waals surface area contributed by atoms with Crippen molar-refractivity contribution in [1.82, 2.24) is 19.3 Å². The molecule has 2 heterocycles. The Morgan fingerprint density at radius 2 is 2.12 bits per heavy atom. The molecular formula is C10H13N5O2. The summed E-state index contributed by atoms with van der Waals surface area (Å²) in [6, 6.07) is 0. The number of nitrogen functional groups attached to an aromatic ring is 1. The molecule has 0 fully saturated rings. The van der Waals surface area contributed by atoms with Crippen LogP contribution in [0.15, 0.2) is 28.2 Å². The highest BCUT2D eigenvalue weighted by atomic mass is 16.2. The van der Waals surface area contributed by atoms with Gasteiger partial charge in [-0.1, -0.05) is 0 Å². The number of H-pyrrole nitrogens is 1. The van der Waals surface area contributed by atoms with Gasteiger partial charge < -0.3 is 5.73 Å². The van der Waals surface area contributed by atoms with E-state index in [4.69, 9.17) is 5.73 Å². The molecule has 2 rings (SSSR count). The zero-order valence-corrected chi connectivity index (χ0v) is 9.38. The minimum absolute atomic E-state index is 0.352. The van der Waals surface area contributed by atoms with Gasteiger partial charge in [-0.05, 0) is 6.92 Å². The van der Waals surface area contributed by atoms with Crippen LogP contribution in [0.1, 0.15) is 5.56 Å². The van der Waals surface area contributed by atoms with Crippen molar-refractivity contribution in [3.63, 3.8) is 0 Å². The van der Waals surface area contributed by atoms with E-state index in [1.54, 1.807) is 24.0 Å². The average Bonchev–Trinajstić information content (AvgIpc) is 2.68. The molecule has 0 radical (unpaired) electrons. The minimum atomic E-state index is -0.416. The molecule has 90 valence electrons. The van der Waals surface area contributed by atoms with Crippen LogP contribution in [0.25, 0.3) is 0 Å². The fraction of sp³-hybridized carbons (Fsp3) is 0.300. The van der Waals surface area contributed by atoms with E-state index in [9.17, 15) is 9.59 Å². The van der Waals surface area contributed by atoms with Gasteiger partial charge in [0.25, 0.3) is 5.56 Å². The number of hydrogen-bond donors (Lipinski definition) is 2. The molecule has 2 aromatic rings. The van der Waals surface area contributed by atoms with Gasteiger partial charge in [0.2, 0.25) is 0 Å². The molecule has 2 aromatic heterocycles. The summed E-state index contributed by atoms with van der Waals surface area (Å²) in [6.07, 6.45) is 4.76. The third-order valence-electron chi connectivity index (χ3n) is 2.41. The summed E-state index contributed by atoms with van der Waals surface area (Å²) < 4.78 is 3.08. The molecular weight excluding hydrogens is 222 g/mol.